The van der Waals surface area contributed by atoms with E-state index in [0.717, 1.165) is 28.1 Å². The Morgan fingerprint density at radius 1 is 1.09 bits per heavy atom. The van der Waals surface area contributed by atoms with Gasteiger partial charge in [0.15, 0.2) is 0 Å². The van der Waals surface area contributed by atoms with Crippen LogP contribution in [-0.2, 0) is 26.2 Å². The van der Waals surface area contributed by atoms with Crippen LogP contribution in [0.2, 0.25) is 0 Å². The van der Waals surface area contributed by atoms with Gasteiger partial charge in [-0.1, -0.05) is 37.3 Å². The molecule has 2 aromatic rings. The first-order valence-electron chi connectivity index (χ1n) is 10.8. The van der Waals surface area contributed by atoms with E-state index in [9.17, 15) is 18.0 Å². The van der Waals surface area contributed by atoms with E-state index in [0.29, 0.717) is 18.0 Å². The Morgan fingerprint density at radius 3 is 2.27 bits per heavy atom. The van der Waals surface area contributed by atoms with Crippen LogP contribution in [-0.4, -0.2) is 57.6 Å². The number of anilines is 1. The first kappa shape index (κ1) is 26.2. The van der Waals surface area contributed by atoms with Crippen LogP contribution in [0.25, 0.3) is 0 Å². The van der Waals surface area contributed by atoms with Gasteiger partial charge in [-0.25, -0.2) is 8.42 Å². The molecule has 0 aromatic heterocycles. The molecule has 180 valence electrons. The molecule has 0 aliphatic rings. The number of amides is 2. The van der Waals surface area contributed by atoms with E-state index in [4.69, 9.17) is 4.74 Å². The Balaban J connectivity index is 2.37. The van der Waals surface area contributed by atoms with Gasteiger partial charge in [-0.2, -0.15) is 0 Å². The van der Waals surface area contributed by atoms with E-state index < -0.39 is 28.5 Å². The maximum absolute atomic E-state index is 13.4. The predicted molar refractivity (Wildman–Crippen MR) is 130 cm³/mol. The molecular formula is C24H33N3O5S. The Kier molecular flexibility index (Phi) is 9.28. The summed E-state index contributed by atoms with van der Waals surface area (Å²) in [5, 5.41) is 2.81. The summed E-state index contributed by atoms with van der Waals surface area (Å²) in [6, 6.07) is 13.4. The molecule has 0 saturated carbocycles. The maximum Gasteiger partial charge on any atom is 0.244 e. The standard InChI is InChI=1S/C24H33N3O5S/c1-6-15-25-24(29)19(3)26(16-20-11-13-21(32-4)14-12-20)23(28)17-27(33(5,30)31)22-10-8-7-9-18(22)2/h7-14,19H,6,15-17H2,1-5H3,(H,25,29)/t19-/m0/s1. The van der Waals surface area contributed by atoms with Gasteiger partial charge in [-0.15, -0.1) is 0 Å². The number of nitrogens with zero attached hydrogens (tertiary/aromatic N) is 2. The number of methoxy groups -OCH3 is 1. The Labute approximate surface area is 196 Å². The SMILES string of the molecule is CCCNC(=O)[C@H](C)N(Cc1ccc(OC)cc1)C(=O)CN(c1ccccc1C)S(C)(=O)=O. The van der Waals surface area contributed by atoms with E-state index in [1.807, 2.05) is 19.1 Å². The van der Waals surface area contributed by atoms with Crippen LogP contribution in [0.4, 0.5) is 5.69 Å². The van der Waals surface area contributed by atoms with E-state index in [-0.39, 0.29) is 12.5 Å². The monoisotopic (exact) mass is 475 g/mol. The van der Waals surface area contributed by atoms with E-state index >= 15 is 0 Å². The second-order valence-corrected chi connectivity index (χ2v) is 9.80. The predicted octanol–water partition coefficient (Wildman–Crippen LogP) is 2.71. The summed E-state index contributed by atoms with van der Waals surface area (Å²) in [6.07, 6.45) is 1.83. The molecule has 0 unspecified atom stereocenters. The minimum atomic E-state index is -3.74. The highest BCUT2D eigenvalue weighted by Gasteiger charge is 2.30. The summed E-state index contributed by atoms with van der Waals surface area (Å²) in [5.41, 5.74) is 1.95. The average Bonchev–Trinajstić information content (AvgIpc) is 2.79. The number of nitrogens with one attached hydrogen (secondary N) is 1. The smallest absolute Gasteiger partial charge is 0.244 e. The molecule has 1 N–H and O–H groups in total. The van der Waals surface area contributed by atoms with Crippen LogP contribution in [0, 0.1) is 6.92 Å². The lowest BCUT2D eigenvalue weighted by molar-refractivity contribution is -0.139. The van der Waals surface area contributed by atoms with Gasteiger partial charge in [0.05, 0.1) is 19.1 Å². The van der Waals surface area contributed by atoms with Crippen LogP contribution in [0.1, 0.15) is 31.4 Å². The quantitative estimate of drug-likeness (QED) is 0.539. The van der Waals surface area contributed by atoms with Crippen LogP contribution in [0.5, 0.6) is 5.75 Å². The van der Waals surface area contributed by atoms with Crippen LogP contribution < -0.4 is 14.4 Å². The van der Waals surface area contributed by atoms with Crippen molar-refractivity contribution in [1.29, 1.82) is 0 Å². The fourth-order valence-electron chi connectivity index (χ4n) is 3.34. The third kappa shape index (κ3) is 7.21. The van der Waals surface area contributed by atoms with E-state index in [1.165, 1.54) is 4.90 Å². The molecule has 0 fully saturated rings. The minimum absolute atomic E-state index is 0.148. The lowest BCUT2D eigenvalue weighted by Gasteiger charge is -2.32. The molecule has 0 heterocycles. The third-order valence-electron chi connectivity index (χ3n) is 5.29. The molecule has 0 bridgehead atoms. The highest BCUT2D eigenvalue weighted by atomic mass is 32.2. The van der Waals surface area contributed by atoms with Gasteiger partial charge in [0.25, 0.3) is 0 Å². The molecule has 0 aliphatic heterocycles. The van der Waals surface area contributed by atoms with Gasteiger partial charge in [0.1, 0.15) is 18.3 Å². The number of hydrogen-bond acceptors (Lipinski definition) is 5. The first-order chi connectivity index (χ1) is 15.6. The largest absolute Gasteiger partial charge is 0.497 e. The van der Waals surface area contributed by atoms with Crippen molar-refractivity contribution in [2.24, 2.45) is 0 Å². The van der Waals surface area contributed by atoms with Crippen LogP contribution >= 0.6 is 0 Å². The number of aryl methyl sites for hydroxylation is 1. The molecule has 9 heteroatoms. The van der Waals surface area contributed by atoms with Gasteiger partial charge in [0.2, 0.25) is 21.8 Å². The molecule has 2 rings (SSSR count). The second-order valence-electron chi connectivity index (χ2n) is 7.89. The van der Waals surface area contributed by atoms with E-state index in [1.54, 1.807) is 57.4 Å². The number of ether oxygens (including phenoxy) is 1. The second kappa shape index (κ2) is 11.7. The number of carbonyl (C=O) groups is 2. The normalized spacial score (nSPS) is 12.0. The van der Waals surface area contributed by atoms with Gasteiger partial charge in [-0.05, 0) is 49.6 Å². The molecule has 8 nitrogen and oxygen atoms in total. The first-order valence-corrected chi connectivity index (χ1v) is 12.7. The minimum Gasteiger partial charge on any atom is -0.497 e. The van der Waals surface area contributed by atoms with Gasteiger partial charge >= 0.3 is 0 Å². The number of hydrogen-bond donors (Lipinski definition) is 1. The summed E-state index contributed by atoms with van der Waals surface area (Å²) in [7, 11) is -2.18. The molecule has 0 aliphatic carbocycles. The summed E-state index contributed by atoms with van der Waals surface area (Å²) in [5.74, 6) is -0.0904. The van der Waals surface area contributed by atoms with Crippen molar-refractivity contribution in [2.75, 3.05) is 30.8 Å². The summed E-state index contributed by atoms with van der Waals surface area (Å²) in [6.45, 7) is 5.60. The zero-order chi connectivity index (χ0) is 24.6. The lowest BCUT2D eigenvalue weighted by Crippen LogP contribution is -2.51. The van der Waals surface area contributed by atoms with E-state index in [2.05, 4.69) is 5.32 Å². The zero-order valence-corrected chi connectivity index (χ0v) is 20.7. The highest BCUT2D eigenvalue weighted by molar-refractivity contribution is 7.92. The maximum atomic E-state index is 13.4. The van der Waals surface area contributed by atoms with Gasteiger partial charge in [0, 0.05) is 13.1 Å². The molecule has 2 aromatic carbocycles. The van der Waals surface area contributed by atoms with Crippen LogP contribution in [0.3, 0.4) is 0 Å². The van der Waals surface area contributed by atoms with Crippen molar-refractivity contribution in [1.82, 2.24) is 10.2 Å². The average molecular weight is 476 g/mol. The lowest BCUT2D eigenvalue weighted by atomic mass is 10.1. The van der Waals surface area contributed by atoms with Crippen molar-refractivity contribution < 1.29 is 22.7 Å². The van der Waals surface area contributed by atoms with Crippen molar-refractivity contribution in [3.63, 3.8) is 0 Å². The number of sulfonamides is 1. The van der Waals surface area contributed by atoms with Crippen LogP contribution in [0.15, 0.2) is 48.5 Å². The Bertz CT molecular complexity index is 1050. The van der Waals surface area contributed by atoms with Crippen molar-refractivity contribution in [3.05, 3.63) is 59.7 Å². The fourth-order valence-corrected chi connectivity index (χ4v) is 4.25. The highest BCUT2D eigenvalue weighted by Crippen LogP contribution is 2.23. The fraction of sp³-hybridized carbons (Fsp3) is 0.417. The van der Waals surface area contributed by atoms with Crippen molar-refractivity contribution in [2.45, 2.75) is 39.8 Å². The zero-order valence-electron chi connectivity index (χ0n) is 19.9. The summed E-state index contributed by atoms with van der Waals surface area (Å²) in [4.78, 5) is 27.5. The van der Waals surface area contributed by atoms with Gasteiger partial charge in [-0.3, -0.25) is 13.9 Å². The summed E-state index contributed by atoms with van der Waals surface area (Å²) >= 11 is 0. The number of para-hydroxylation sites is 1. The molecule has 0 spiro atoms. The summed E-state index contributed by atoms with van der Waals surface area (Å²) < 4.78 is 31.4. The molecule has 1 atom stereocenters. The van der Waals surface area contributed by atoms with Crippen molar-refractivity contribution >= 4 is 27.5 Å². The molecule has 0 saturated heterocycles. The molecule has 33 heavy (non-hydrogen) atoms. The molecular weight excluding hydrogens is 442 g/mol. The topological polar surface area (TPSA) is 96.0 Å². The number of carbonyl (C=O) groups excluding carboxylic acids is 2. The third-order valence-corrected chi connectivity index (χ3v) is 6.42. The molecule has 0 radical (unpaired) electrons. The molecule has 2 amide bonds. The Hall–Kier alpha value is -3.07. The number of benzene rings is 2. The Morgan fingerprint density at radius 2 is 1.73 bits per heavy atom. The number of rotatable bonds is 11. The van der Waals surface area contributed by atoms with Crippen molar-refractivity contribution in [3.8, 4) is 5.75 Å². The van der Waals surface area contributed by atoms with Gasteiger partial charge < -0.3 is 15.0 Å².